The van der Waals surface area contributed by atoms with E-state index in [9.17, 15) is 0 Å². The van der Waals surface area contributed by atoms with Crippen molar-refractivity contribution in [1.82, 2.24) is 4.98 Å². The first-order valence-corrected chi connectivity index (χ1v) is 8.63. The van der Waals surface area contributed by atoms with E-state index in [0.29, 0.717) is 0 Å². The van der Waals surface area contributed by atoms with Gasteiger partial charge in [0, 0.05) is 5.56 Å². The van der Waals surface area contributed by atoms with Crippen molar-refractivity contribution in [2.24, 2.45) is 0 Å². The molecule has 3 rings (SSSR count). The van der Waals surface area contributed by atoms with E-state index < -0.39 is 0 Å². The lowest BCUT2D eigenvalue weighted by Gasteiger charge is -2.00. The summed E-state index contributed by atoms with van der Waals surface area (Å²) in [5.74, 6) is 0. The maximum absolute atomic E-state index is 4.75. The monoisotopic (exact) mass is 295 g/mol. The predicted octanol–water partition coefficient (Wildman–Crippen LogP) is 6.09. The van der Waals surface area contributed by atoms with E-state index >= 15 is 0 Å². The summed E-state index contributed by atoms with van der Waals surface area (Å²) < 4.78 is 1.31. The maximum atomic E-state index is 4.75. The van der Waals surface area contributed by atoms with Gasteiger partial charge in [-0.1, -0.05) is 62.6 Å². The van der Waals surface area contributed by atoms with E-state index in [1.807, 2.05) is 6.07 Å². The van der Waals surface area contributed by atoms with Gasteiger partial charge in [0.1, 0.15) is 5.01 Å². The highest BCUT2D eigenvalue weighted by Gasteiger charge is 2.06. The Balaban J connectivity index is 1.79. The van der Waals surface area contributed by atoms with Gasteiger partial charge in [-0.15, -0.1) is 11.3 Å². The average molecular weight is 295 g/mol. The molecule has 0 N–H and O–H groups in total. The van der Waals surface area contributed by atoms with Crippen molar-refractivity contribution in [2.45, 2.75) is 39.0 Å². The summed E-state index contributed by atoms with van der Waals surface area (Å²) in [4.78, 5) is 4.75. The second-order valence-electron chi connectivity index (χ2n) is 5.50. The Labute approximate surface area is 130 Å². The van der Waals surface area contributed by atoms with E-state index in [2.05, 4.69) is 49.4 Å². The molecule has 0 fully saturated rings. The van der Waals surface area contributed by atoms with Gasteiger partial charge in [0.15, 0.2) is 0 Å². The Kier molecular flexibility index (Phi) is 4.66. The summed E-state index contributed by atoms with van der Waals surface area (Å²) in [7, 11) is 0. The first-order chi connectivity index (χ1) is 10.4. The van der Waals surface area contributed by atoms with Gasteiger partial charge >= 0.3 is 0 Å². The SMILES string of the molecule is CCCCCCc1ccc2nc(-c3ccccc3)sc2c1. The van der Waals surface area contributed by atoms with Crippen molar-refractivity contribution in [2.75, 3.05) is 0 Å². The first-order valence-electron chi connectivity index (χ1n) is 7.81. The fourth-order valence-electron chi connectivity index (χ4n) is 2.58. The molecule has 0 atom stereocenters. The van der Waals surface area contributed by atoms with Crippen LogP contribution in [0.25, 0.3) is 20.8 Å². The molecule has 0 aliphatic heterocycles. The van der Waals surface area contributed by atoms with Crippen LogP contribution in [-0.2, 0) is 6.42 Å². The van der Waals surface area contributed by atoms with Crippen LogP contribution in [0.5, 0.6) is 0 Å². The van der Waals surface area contributed by atoms with Crippen molar-refractivity contribution in [3.05, 3.63) is 54.1 Å². The van der Waals surface area contributed by atoms with Crippen LogP contribution in [0.1, 0.15) is 38.2 Å². The van der Waals surface area contributed by atoms with Crippen LogP contribution in [-0.4, -0.2) is 4.98 Å². The average Bonchev–Trinajstić information content (AvgIpc) is 2.96. The molecule has 108 valence electrons. The van der Waals surface area contributed by atoms with Crippen LogP contribution in [0.2, 0.25) is 0 Å². The molecule has 0 saturated carbocycles. The molecule has 0 bridgehead atoms. The molecule has 1 nitrogen and oxygen atoms in total. The summed E-state index contributed by atoms with van der Waals surface area (Å²) in [5.41, 5.74) is 3.78. The van der Waals surface area contributed by atoms with Gasteiger partial charge in [-0.05, 0) is 30.5 Å². The number of aromatic nitrogens is 1. The lowest BCUT2D eigenvalue weighted by Crippen LogP contribution is -1.85. The van der Waals surface area contributed by atoms with Gasteiger partial charge in [0.2, 0.25) is 0 Å². The molecule has 1 heterocycles. The molecular weight excluding hydrogens is 274 g/mol. The van der Waals surface area contributed by atoms with Crippen LogP contribution in [0.4, 0.5) is 0 Å². The van der Waals surface area contributed by atoms with Gasteiger partial charge in [-0.25, -0.2) is 4.98 Å². The largest absolute Gasteiger partial charge is 0.236 e. The van der Waals surface area contributed by atoms with Crippen molar-refractivity contribution in [3.8, 4) is 10.6 Å². The molecule has 0 aliphatic rings. The highest BCUT2D eigenvalue weighted by Crippen LogP contribution is 2.30. The fraction of sp³-hybridized carbons (Fsp3) is 0.316. The third-order valence-electron chi connectivity index (χ3n) is 3.79. The molecule has 0 unspecified atom stereocenters. The number of hydrogen-bond donors (Lipinski definition) is 0. The van der Waals surface area contributed by atoms with Gasteiger partial charge in [0.05, 0.1) is 10.2 Å². The lowest BCUT2D eigenvalue weighted by molar-refractivity contribution is 0.667. The van der Waals surface area contributed by atoms with E-state index in [1.54, 1.807) is 11.3 Å². The summed E-state index contributed by atoms with van der Waals surface area (Å²) in [6, 6.07) is 17.2. The fourth-order valence-corrected chi connectivity index (χ4v) is 3.62. The Hall–Kier alpha value is -1.67. The predicted molar refractivity (Wildman–Crippen MR) is 92.9 cm³/mol. The van der Waals surface area contributed by atoms with Crippen LogP contribution in [0.15, 0.2) is 48.5 Å². The van der Waals surface area contributed by atoms with E-state index in [-0.39, 0.29) is 0 Å². The number of fused-ring (bicyclic) bond motifs is 1. The van der Waals surface area contributed by atoms with Gasteiger partial charge in [-0.2, -0.15) is 0 Å². The summed E-state index contributed by atoms with van der Waals surface area (Å²) >= 11 is 1.80. The quantitative estimate of drug-likeness (QED) is 0.502. The Morgan fingerprint density at radius 2 is 1.81 bits per heavy atom. The molecule has 0 aliphatic carbocycles. The molecule has 0 amide bonds. The van der Waals surface area contributed by atoms with E-state index in [4.69, 9.17) is 4.98 Å². The minimum atomic E-state index is 1.12. The van der Waals surface area contributed by atoms with Crippen molar-refractivity contribution < 1.29 is 0 Å². The zero-order valence-electron chi connectivity index (χ0n) is 12.5. The van der Waals surface area contributed by atoms with Gasteiger partial charge in [0.25, 0.3) is 0 Å². The summed E-state index contributed by atoms with van der Waals surface area (Å²) in [6.07, 6.45) is 6.47. The molecule has 0 radical (unpaired) electrons. The molecule has 3 aromatic rings. The second-order valence-corrected chi connectivity index (χ2v) is 6.53. The van der Waals surface area contributed by atoms with Gasteiger partial charge in [-0.3, -0.25) is 0 Å². The molecule has 2 heteroatoms. The van der Waals surface area contributed by atoms with E-state index in [1.165, 1.54) is 47.9 Å². The highest BCUT2D eigenvalue weighted by molar-refractivity contribution is 7.21. The van der Waals surface area contributed by atoms with E-state index in [0.717, 1.165) is 10.5 Å². The molecule has 0 saturated heterocycles. The third kappa shape index (κ3) is 3.51. The molecule has 0 spiro atoms. The molecule has 1 aromatic heterocycles. The topological polar surface area (TPSA) is 12.9 Å². The second kappa shape index (κ2) is 6.86. The zero-order valence-corrected chi connectivity index (χ0v) is 13.3. The van der Waals surface area contributed by atoms with Gasteiger partial charge < -0.3 is 0 Å². The number of hydrogen-bond acceptors (Lipinski definition) is 2. The normalized spacial score (nSPS) is 11.1. The zero-order chi connectivity index (χ0) is 14.5. The number of benzene rings is 2. The lowest BCUT2D eigenvalue weighted by atomic mass is 10.1. The van der Waals surface area contributed by atoms with Crippen molar-refractivity contribution in [3.63, 3.8) is 0 Å². The standard InChI is InChI=1S/C19H21NS/c1-2-3-4-6-9-15-12-13-17-18(14-15)21-19(20-17)16-10-7-5-8-11-16/h5,7-8,10-14H,2-4,6,9H2,1H3. The van der Waals surface area contributed by atoms with Crippen LogP contribution in [0, 0.1) is 0 Å². The molecule has 21 heavy (non-hydrogen) atoms. The highest BCUT2D eigenvalue weighted by atomic mass is 32.1. The third-order valence-corrected chi connectivity index (χ3v) is 4.86. The number of thiazole rings is 1. The number of aryl methyl sites for hydroxylation is 1. The van der Waals surface area contributed by atoms with Crippen molar-refractivity contribution >= 4 is 21.6 Å². The minimum Gasteiger partial charge on any atom is -0.236 e. The Bertz CT molecular complexity index is 700. The number of unbranched alkanes of at least 4 members (excludes halogenated alkanes) is 3. The Morgan fingerprint density at radius 3 is 2.62 bits per heavy atom. The van der Waals surface area contributed by atoms with Crippen LogP contribution >= 0.6 is 11.3 Å². The van der Waals surface area contributed by atoms with Crippen LogP contribution < -0.4 is 0 Å². The van der Waals surface area contributed by atoms with Crippen molar-refractivity contribution in [1.29, 1.82) is 0 Å². The maximum Gasteiger partial charge on any atom is 0.124 e. The first kappa shape index (κ1) is 14.3. The Morgan fingerprint density at radius 1 is 0.952 bits per heavy atom. The number of rotatable bonds is 6. The summed E-state index contributed by atoms with van der Waals surface area (Å²) in [5, 5.41) is 1.12. The molecule has 2 aromatic carbocycles. The van der Waals surface area contributed by atoms with Crippen LogP contribution in [0.3, 0.4) is 0 Å². The smallest absolute Gasteiger partial charge is 0.124 e. The summed E-state index contributed by atoms with van der Waals surface area (Å²) in [6.45, 7) is 2.26. The number of nitrogens with zero attached hydrogens (tertiary/aromatic N) is 1. The molecular formula is C19H21NS. The minimum absolute atomic E-state index is 1.12.